The topological polar surface area (TPSA) is 49.6 Å². The average Bonchev–Trinajstić information content (AvgIpc) is 2.19. The van der Waals surface area contributed by atoms with E-state index in [2.05, 4.69) is 29.9 Å². The van der Waals surface area contributed by atoms with Crippen molar-refractivity contribution >= 4 is 0 Å². The molecule has 0 radical (unpaired) electrons. The summed E-state index contributed by atoms with van der Waals surface area (Å²) in [6, 6.07) is 4.15. The maximum Gasteiger partial charge on any atom is 0.145 e. The fourth-order valence-electron chi connectivity index (χ4n) is 1.44. The summed E-state index contributed by atoms with van der Waals surface area (Å²) in [6.45, 7) is 6.29. The molecule has 0 aromatic carbocycles. The minimum absolute atomic E-state index is 0.169. The second-order valence-corrected chi connectivity index (χ2v) is 4.09. The highest BCUT2D eigenvalue weighted by atomic mass is 14.9. The molecule has 0 spiro atoms. The van der Waals surface area contributed by atoms with E-state index in [-0.39, 0.29) is 5.92 Å². The Hall–Kier alpha value is -1.43. The van der Waals surface area contributed by atoms with Gasteiger partial charge in [-0.05, 0) is 24.8 Å². The van der Waals surface area contributed by atoms with Gasteiger partial charge in [0.1, 0.15) is 11.7 Å². The van der Waals surface area contributed by atoms with Gasteiger partial charge in [-0.1, -0.05) is 20.8 Å². The fourth-order valence-corrected chi connectivity index (χ4v) is 1.44. The van der Waals surface area contributed by atoms with Crippen molar-refractivity contribution in [1.82, 2.24) is 9.97 Å². The SMILES string of the molecule is CCC(C#N)c1nccc(CC(C)C)n1. The maximum atomic E-state index is 8.92. The van der Waals surface area contributed by atoms with Crippen LogP contribution >= 0.6 is 0 Å². The number of hydrogen-bond donors (Lipinski definition) is 0. The van der Waals surface area contributed by atoms with Crippen LogP contribution in [0.5, 0.6) is 0 Å². The van der Waals surface area contributed by atoms with Gasteiger partial charge in [0.15, 0.2) is 0 Å². The summed E-state index contributed by atoms with van der Waals surface area (Å²) in [5.41, 5.74) is 1.03. The first-order valence-electron chi connectivity index (χ1n) is 5.38. The smallest absolute Gasteiger partial charge is 0.145 e. The molecule has 0 aliphatic heterocycles. The van der Waals surface area contributed by atoms with E-state index in [9.17, 15) is 0 Å². The maximum absolute atomic E-state index is 8.92. The quantitative estimate of drug-likeness (QED) is 0.756. The molecule has 0 N–H and O–H groups in total. The van der Waals surface area contributed by atoms with Crippen molar-refractivity contribution in [1.29, 1.82) is 5.26 Å². The van der Waals surface area contributed by atoms with Crippen LogP contribution in [0.25, 0.3) is 0 Å². The molecule has 0 saturated carbocycles. The molecule has 0 bridgehead atoms. The molecule has 1 heterocycles. The fraction of sp³-hybridized carbons (Fsp3) is 0.583. The van der Waals surface area contributed by atoms with Gasteiger partial charge in [-0.25, -0.2) is 9.97 Å². The van der Waals surface area contributed by atoms with Crippen molar-refractivity contribution in [2.45, 2.75) is 39.5 Å². The van der Waals surface area contributed by atoms with E-state index >= 15 is 0 Å². The van der Waals surface area contributed by atoms with Crippen molar-refractivity contribution in [2.75, 3.05) is 0 Å². The zero-order valence-electron chi connectivity index (χ0n) is 9.57. The Kier molecular flexibility index (Phi) is 4.23. The zero-order chi connectivity index (χ0) is 11.3. The molecule has 0 amide bonds. The van der Waals surface area contributed by atoms with Crippen LogP contribution in [-0.4, -0.2) is 9.97 Å². The van der Waals surface area contributed by atoms with Crippen LogP contribution in [0.4, 0.5) is 0 Å². The highest BCUT2D eigenvalue weighted by molar-refractivity contribution is 5.11. The molecule has 1 aromatic rings. The molecule has 1 rings (SSSR count). The number of rotatable bonds is 4. The highest BCUT2D eigenvalue weighted by Gasteiger charge is 2.11. The highest BCUT2D eigenvalue weighted by Crippen LogP contribution is 2.14. The predicted octanol–water partition coefficient (Wildman–Crippen LogP) is 2.69. The molecule has 1 aromatic heterocycles. The first-order valence-corrected chi connectivity index (χ1v) is 5.38. The molecule has 0 aliphatic carbocycles. The molecule has 0 saturated heterocycles. The third kappa shape index (κ3) is 3.32. The lowest BCUT2D eigenvalue weighted by Gasteiger charge is -2.08. The summed E-state index contributed by atoms with van der Waals surface area (Å²) in [5, 5.41) is 8.92. The van der Waals surface area contributed by atoms with Crippen LogP contribution in [0.2, 0.25) is 0 Å². The van der Waals surface area contributed by atoms with Crippen molar-refractivity contribution in [3.05, 3.63) is 23.8 Å². The van der Waals surface area contributed by atoms with Crippen LogP contribution in [0.1, 0.15) is 44.6 Å². The number of nitrogens with zero attached hydrogens (tertiary/aromatic N) is 3. The van der Waals surface area contributed by atoms with Crippen LogP contribution in [0, 0.1) is 17.2 Å². The van der Waals surface area contributed by atoms with Gasteiger partial charge in [0, 0.05) is 11.9 Å². The second kappa shape index (κ2) is 5.45. The first-order chi connectivity index (χ1) is 7.17. The van der Waals surface area contributed by atoms with E-state index in [1.807, 2.05) is 13.0 Å². The normalized spacial score (nSPS) is 12.5. The Labute approximate surface area is 91.2 Å². The number of nitriles is 1. The predicted molar refractivity (Wildman–Crippen MR) is 59.2 cm³/mol. The van der Waals surface area contributed by atoms with Crippen molar-refractivity contribution in [2.24, 2.45) is 5.92 Å². The summed E-state index contributed by atoms with van der Waals surface area (Å²) in [6.07, 6.45) is 3.46. The minimum atomic E-state index is -0.169. The van der Waals surface area contributed by atoms with Gasteiger partial charge >= 0.3 is 0 Å². The van der Waals surface area contributed by atoms with E-state index in [1.54, 1.807) is 6.20 Å². The standard InChI is InChI=1S/C12H17N3/c1-4-10(8-13)12-14-6-5-11(15-12)7-9(2)3/h5-6,9-10H,4,7H2,1-3H3. The van der Waals surface area contributed by atoms with Crippen molar-refractivity contribution < 1.29 is 0 Å². The summed E-state index contributed by atoms with van der Waals surface area (Å²) >= 11 is 0. The molecule has 3 nitrogen and oxygen atoms in total. The first kappa shape index (κ1) is 11.6. The third-order valence-electron chi connectivity index (χ3n) is 2.23. The van der Waals surface area contributed by atoms with Gasteiger partial charge in [-0.3, -0.25) is 0 Å². The molecular formula is C12H17N3. The Balaban J connectivity index is 2.87. The number of aromatic nitrogens is 2. The molecule has 80 valence electrons. The van der Waals surface area contributed by atoms with Gasteiger partial charge in [0.05, 0.1) is 6.07 Å². The van der Waals surface area contributed by atoms with Gasteiger partial charge < -0.3 is 0 Å². The lowest BCUT2D eigenvalue weighted by atomic mass is 10.1. The van der Waals surface area contributed by atoms with Crippen LogP contribution in [0.15, 0.2) is 12.3 Å². The van der Waals surface area contributed by atoms with Gasteiger partial charge in [0.25, 0.3) is 0 Å². The monoisotopic (exact) mass is 203 g/mol. The molecule has 1 unspecified atom stereocenters. The van der Waals surface area contributed by atoms with Crippen molar-refractivity contribution in [3.8, 4) is 6.07 Å². The van der Waals surface area contributed by atoms with E-state index in [1.165, 1.54) is 0 Å². The van der Waals surface area contributed by atoms with Crippen LogP contribution < -0.4 is 0 Å². The van der Waals surface area contributed by atoms with Crippen LogP contribution in [0.3, 0.4) is 0 Å². The van der Waals surface area contributed by atoms with E-state index in [0.717, 1.165) is 18.5 Å². The molecule has 15 heavy (non-hydrogen) atoms. The second-order valence-electron chi connectivity index (χ2n) is 4.09. The van der Waals surface area contributed by atoms with Gasteiger partial charge in [0.2, 0.25) is 0 Å². The zero-order valence-corrected chi connectivity index (χ0v) is 9.57. The van der Waals surface area contributed by atoms with E-state index in [4.69, 9.17) is 5.26 Å². The molecule has 3 heteroatoms. The number of hydrogen-bond acceptors (Lipinski definition) is 3. The molecule has 0 fully saturated rings. The lowest BCUT2D eigenvalue weighted by Crippen LogP contribution is -2.05. The Morgan fingerprint density at radius 1 is 1.47 bits per heavy atom. The van der Waals surface area contributed by atoms with Gasteiger partial charge in [-0.15, -0.1) is 0 Å². The summed E-state index contributed by atoms with van der Waals surface area (Å²) in [5.74, 6) is 1.07. The Morgan fingerprint density at radius 3 is 2.73 bits per heavy atom. The van der Waals surface area contributed by atoms with E-state index in [0.29, 0.717) is 11.7 Å². The Morgan fingerprint density at radius 2 is 2.20 bits per heavy atom. The minimum Gasteiger partial charge on any atom is -0.240 e. The third-order valence-corrected chi connectivity index (χ3v) is 2.23. The molecular weight excluding hydrogens is 186 g/mol. The average molecular weight is 203 g/mol. The summed E-state index contributed by atoms with van der Waals surface area (Å²) in [7, 11) is 0. The summed E-state index contributed by atoms with van der Waals surface area (Å²) < 4.78 is 0. The van der Waals surface area contributed by atoms with Crippen molar-refractivity contribution in [3.63, 3.8) is 0 Å². The van der Waals surface area contributed by atoms with Gasteiger partial charge in [-0.2, -0.15) is 5.26 Å². The largest absolute Gasteiger partial charge is 0.240 e. The summed E-state index contributed by atoms with van der Waals surface area (Å²) in [4.78, 5) is 8.58. The van der Waals surface area contributed by atoms with Crippen LogP contribution in [-0.2, 0) is 6.42 Å². The van der Waals surface area contributed by atoms with E-state index < -0.39 is 0 Å². The molecule has 0 aliphatic rings. The Bertz CT molecular complexity index is 352. The molecule has 1 atom stereocenters. The lowest BCUT2D eigenvalue weighted by molar-refractivity contribution is 0.625.